The molecule has 0 fully saturated rings. The molecule has 41 heavy (non-hydrogen) atoms. The van der Waals surface area contributed by atoms with Gasteiger partial charge in [0, 0.05) is 16.6 Å². The number of aliphatic hydroxyl groups is 1. The quantitative estimate of drug-likeness (QED) is 0.182. The average molecular weight is 602 g/mol. The molecule has 0 saturated carbocycles. The molecule has 0 radical (unpaired) electrons. The van der Waals surface area contributed by atoms with Crippen molar-refractivity contribution in [2.45, 2.75) is 30.9 Å². The van der Waals surface area contributed by atoms with E-state index in [0.29, 0.717) is 39.0 Å². The van der Waals surface area contributed by atoms with Gasteiger partial charge in [0.15, 0.2) is 5.76 Å². The van der Waals surface area contributed by atoms with Crippen molar-refractivity contribution >= 4 is 54.3 Å². The van der Waals surface area contributed by atoms with E-state index < -0.39 is 44.1 Å². The molecule has 0 aliphatic heterocycles. The highest BCUT2D eigenvalue weighted by Crippen LogP contribution is 2.32. The van der Waals surface area contributed by atoms with Crippen molar-refractivity contribution in [3.8, 4) is 11.1 Å². The lowest BCUT2D eigenvalue weighted by Crippen LogP contribution is -2.47. The van der Waals surface area contributed by atoms with Crippen LogP contribution in [0.5, 0.6) is 0 Å². The van der Waals surface area contributed by atoms with Crippen LogP contribution in [0.15, 0.2) is 76.0 Å². The minimum atomic E-state index is -4.20. The standard InChI is InChI=1S/C27H27N3O9S2/c1-15-23-21(29-40(3,35)36)5-4-6-22(23)39-25(15)26(32)28-19-11-7-17(8-12-19)18-9-13-20(14-10-18)41(37,38)30-24(16(2)31)27(33)34/h4-14,16,24,29-31H,1-3H3,(H,28,32)(H,33,34). The van der Waals surface area contributed by atoms with Crippen LogP contribution in [0.4, 0.5) is 11.4 Å². The number of carboxylic acids is 1. The maximum Gasteiger partial charge on any atom is 0.324 e. The molecule has 4 rings (SSSR count). The van der Waals surface area contributed by atoms with Crippen LogP contribution in [0.25, 0.3) is 22.1 Å². The highest BCUT2D eigenvalue weighted by Gasteiger charge is 2.29. The highest BCUT2D eigenvalue weighted by molar-refractivity contribution is 7.92. The van der Waals surface area contributed by atoms with E-state index in [1.807, 2.05) is 4.72 Å². The number of amides is 1. The molecule has 1 heterocycles. The van der Waals surface area contributed by atoms with Crippen molar-refractivity contribution in [2.24, 2.45) is 0 Å². The predicted molar refractivity (Wildman–Crippen MR) is 153 cm³/mol. The molecule has 0 bridgehead atoms. The molecule has 12 nitrogen and oxygen atoms in total. The van der Waals surface area contributed by atoms with Crippen LogP contribution in [0.3, 0.4) is 0 Å². The monoisotopic (exact) mass is 601 g/mol. The van der Waals surface area contributed by atoms with Gasteiger partial charge in [0.25, 0.3) is 5.91 Å². The summed E-state index contributed by atoms with van der Waals surface area (Å²) < 4.78 is 58.7. The number of carboxylic acid groups (broad SMARTS) is 1. The number of aryl methyl sites for hydroxylation is 1. The molecule has 14 heteroatoms. The molecular formula is C27H27N3O9S2. The Kier molecular flexibility index (Phi) is 8.22. The van der Waals surface area contributed by atoms with E-state index in [0.717, 1.165) is 6.26 Å². The Morgan fingerprint density at radius 3 is 2.02 bits per heavy atom. The molecule has 2 unspecified atom stereocenters. The van der Waals surface area contributed by atoms with E-state index in [2.05, 4.69) is 10.0 Å². The summed E-state index contributed by atoms with van der Waals surface area (Å²) in [5, 5.41) is 21.9. The fraction of sp³-hybridized carbons (Fsp3) is 0.185. The Bertz CT molecular complexity index is 1830. The first kappa shape index (κ1) is 29.7. The van der Waals surface area contributed by atoms with Gasteiger partial charge in [-0.3, -0.25) is 14.3 Å². The summed E-state index contributed by atoms with van der Waals surface area (Å²) in [6.45, 7) is 2.83. The predicted octanol–water partition coefficient (Wildman–Crippen LogP) is 3.14. The average Bonchev–Trinajstić information content (AvgIpc) is 3.24. The number of aliphatic carboxylic acids is 1. The molecule has 0 saturated heterocycles. The molecular weight excluding hydrogens is 574 g/mol. The SMILES string of the molecule is Cc1c(C(=O)Nc2ccc(-c3ccc(S(=O)(=O)NC(C(=O)O)C(C)O)cc3)cc2)oc2cccc(NS(C)(=O)=O)c12. The number of fused-ring (bicyclic) bond motifs is 1. The number of hydrogen-bond donors (Lipinski definition) is 5. The molecule has 1 amide bonds. The Morgan fingerprint density at radius 2 is 1.49 bits per heavy atom. The number of anilines is 2. The number of benzene rings is 3. The second-order valence-corrected chi connectivity index (χ2v) is 12.8. The minimum Gasteiger partial charge on any atom is -0.480 e. The summed E-state index contributed by atoms with van der Waals surface area (Å²) in [5.74, 6) is -2.01. The van der Waals surface area contributed by atoms with E-state index in [9.17, 15) is 31.5 Å². The Labute approximate surface area is 236 Å². The van der Waals surface area contributed by atoms with Crippen molar-refractivity contribution in [3.63, 3.8) is 0 Å². The van der Waals surface area contributed by atoms with Gasteiger partial charge in [-0.05, 0) is 61.4 Å². The van der Waals surface area contributed by atoms with E-state index in [-0.39, 0.29) is 10.7 Å². The van der Waals surface area contributed by atoms with E-state index >= 15 is 0 Å². The first-order valence-electron chi connectivity index (χ1n) is 12.1. The molecule has 0 aliphatic carbocycles. The molecule has 0 aliphatic rings. The largest absolute Gasteiger partial charge is 0.480 e. The van der Waals surface area contributed by atoms with Gasteiger partial charge >= 0.3 is 5.97 Å². The fourth-order valence-electron chi connectivity index (χ4n) is 4.16. The van der Waals surface area contributed by atoms with Gasteiger partial charge in [0.05, 0.1) is 22.9 Å². The number of nitrogens with one attached hydrogen (secondary N) is 3. The van der Waals surface area contributed by atoms with Crippen LogP contribution < -0.4 is 14.8 Å². The van der Waals surface area contributed by atoms with Crippen LogP contribution in [-0.2, 0) is 24.8 Å². The van der Waals surface area contributed by atoms with Crippen LogP contribution in [0.2, 0.25) is 0 Å². The van der Waals surface area contributed by atoms with E-state index in [4.69, 9.17) is 9.52 Å². The van der Waals surface area contributed by atoms with Gasteiger partial charge < -0.3 is 19.9 Å². The van der Waals surface area contributed by atoms with Crippen LogP contribution >= 0.6 is 0 Å². The lowest BCUT2D eigenvalue weighted by atomic mass is 10.1. The number of sulfonamides is 2. The third-order valence-electron chi connectivity index (χ3n) is 6.13. The number of carbonyl (C=O) groups is 2. The van der Waals surface area contributed by atoms with Crippen LogP contribution in [0.1, 0.15) is 23.0 Å². The number of carbonyl (C=O) groups excluding carboxylic acids is 1. The zero-order valence-corrected chi connectivity index (χ0v) is 23.7. The molecule has 216 valence electrons. The maximum absolute atomic E-state index is 13.0. The van der Waals surface area contributed by atoms with Crippen molar-refractivity contribution < 1.29 is 41.1 Å². The first-order chi connectivity index (χ1) is 19.2. The van der Waals surface area contributed by atoms with Crippen molar-refractivity contribution in [2.75, 3.05) is 16.3 Å². The summed E-state index contributed by atoms with van der Waals surface area (Å²) in [6.07, 6.45) is -0.409. The van der Waals surface area contributed by atoms with Crippen molar-refractivity contribution in [1.82, 2.24) is 4.72 Å². The van der Waals surface area contributed by atoms with Crippen LogP contribution in [-0.4, -0.2) is 57.3 Å². The molecule has 0 spiro atoms. The zero-order chi connectivity index (χ0) is 30.1. The van der Waals surface area contributed by atoms with Gasteiger partial charge in [-0.25, -0.2) is 16.8 Å². The number of hydrogen-bond acceptors (Lipinski definition) is 8. The lowest BCUT2D eigenvalue weighted by Gasteiger charge is -2.17. The summed E-state index contributed by atoms with van der Waals surface area (Å²) in [6, 6.07) is 15.5. The third-order valence-corrected chi connectivity index (χ3v) is 8.17. The minimum absolute atomic E-state index is 0.0259. The van der Waals surface area contributed by atoms with Gasteiger partial charge in [0.2, 0.25) is 20.0 Å². The Balaban J connectivity index is 1.50. The van der Waals surface area contributed by atoms with Gasteiger partial charge in [-0.15, -0.1) is 0 Å². The maximum atomic E-state index is 13.0. The second kappa shape index (κ2) is 11.3. The molecule has 3 aromatic carbocycles. The normalized spacial score (nSPS) is 13.5. The third kappa shape index (κ3) is 6.74. The molecule has 5 N–H and O–H groups in total. The molecule has 2 atom stereocenters. The van der Waals surface area contributed by atoms with Gasteiger partial charge in [-0.2, -0.15) is 4.72 Å². The van der Waals surface area contributed by atoms with Crippen molar-refractivity contribution in [3.05, 3.63) is 78.1 Å². The van der Waals surface area contributed by atoms with Crippen LogP contribution in [0, 0.1) is 6.92 Å². The second-order valence-electron chi connectivity index (χ2n) is 9.34. The summed E-state index contributed by atoms with van der Waals surface area (Å²) in [5.41, 5.74) is 2.94. The summed E-state index contributed by atoms with van der Waals surface area (Å²) in [7, 11) is -7.75. The summed E-state index contributed by atoms with van der Waals surface area (Å²) >= 11 is 0. The van der Waals surface area contributed by atoms with Gasteiger partial charge in [0.1, 0.15) is 11.6 Å². The number of rotatable bonds is 10. The number of aliphatic hydroxyl groups excluding tert-OH is 1. The lowest BCUT2D eigenvalue weighted by molar-refractivity contribution is -0.141. The smallest absolute Gasteiger partial charge is 0.324 e. The van der Waals surface area contributed by atoms with E-state index in [1.165, 1.54) is 19.1 Å². The zero-order valence-electron chi connectivity index (χ0n) is 22.1. The fourth-order valence-corrected chi connectivity index (χ4v) is 5.99. The Morgan fingerprint density at radius 1 is 0.902 bits per heavy atom. The highest BCUT2D eigenvalue weighted by atomic mass is 32.2. The summed E-state index contributed by atoms with van der Waals surface area (Å²) in [4.78, 5) is 24.1. The van der Waals surface area contributed by atoms with Gasteiger partial charge in [-0.1, -0.05) is 30.3 Å². The Hall–Kier alpha value is -4.24. The number of furan rings is 1. The van der Waals surface area contributed by atoms with Crippen molar-refractivity contribution in [1.29, 1.82) is 0 Å². The first-order valence-corrected chi connectivity index (χ1v) is 15.5. The topological polar surface area (TPSA) is 192 Å². The van der Waals surface area contributed by atoms with E-state index in [1.54, 1.807) is 61.5 Å². The molecule has 4 aromatic rings. The molecule has 1 aromatic heterocycles.